The van der Waals surface area contributed by atoms with Crippen LogP contribution in [0.5, 0.6) is 0 Å². The van der Waals surface area contributed by atoms with Gasteiger partial charge in [-0.25, -0.2) is 5.14 Å². The van der Waals surface area contributed by atoms with E-state index in [9.17, 15) is 8.42 Å². The van der Waals surface area contributed by atoms with Crippen molar-refractivity contribution in [3.05, 3.63) is 24.3 Å². The minimum Gasteiger partial charge on any atom is -0.385 e. The molecule has 0 aliphatic heterocycles. The maximum absolute atomic E-state index is 11.0. The first-order chi connectivity index (χ1) is 9.42. The van der Waals surface area contributed by atoms with Crippen LogP contribution in [0.3, 0.4) is 0 Å². The van der Waals surface area contributed by atoms with Gasteiger partial charge in [0.15, 0.2) is 0 Å². The Morgan fingerprint density at radius 2 is 1.85 bits per heavy atom. The number of nitrogens with one attached hydrogen (secondary N) is 2. The summed E-state index contributed by atoms with van der Waals surface area (Å²) in [6.45, 7) is 3.25. The molecule has 5 nitrogen and oxygen atoms in total. The summed E-state index contributed by atoms with van der Waals surface area (Å²) in [6, 6.07) is 7.17. The lowest BCUT2D eigenvalue weighted by molar-refractivity contribution is 0.300. The zero-order valence-electron chi connectivity index (χ0n) is 11.8. The van der Waals surface area contributed by atoms with E-state index in [1.807, 2.05) is 6.07 Å². The molecule has 0 bridgehead atoms. The Hall–Kier alpha value is -1.27. The lowest BCUT2D eigenvalue weighted by Gasteiger charge is -2.26. The van der Waals surface area contributed by atoms with Gasteiger partial charge in [0.25, 0.3) is 10.2 Å². The van der Waals surface area contributed by atoms with Crippen LogP contribution in [0.25, 0.3) is 0 Å². The second kappa shape index (κ2) is 6.45. The molecule has 1 aromatic rings. The van der Waals surface area contributed by atoms with Crippen molar-refractivity contribution in [3.8, 4) is 0 Å². The summed E-state index contributed by atoms with van der Waals surface area (Å²) < 4.78 is 24.3. The number of nitrogens with two attached hydrogens (primary N) is 1. The average molecular weight is 297 g/mol. The zero-order valence-corrected chi connectivity index (χ0v) is 12.6. The van der Waals surface area contributed by atoms with Crippen molar-refractivity contribution in [2.24, 2.45) is 17.0 Å². The van der Waals surface area contributed by atoms with Gasteiger partial charge >= 0.3 is 0 Å². The molecule has 4 N–H and O–H groups in total. The predicted molar refractivity (Wildman–Crippen MR) is 82.8 cm³/mol. The Balaban J connectivity index is 1.88. The van der Waals surface area contributed by atoms with Crippen molar-refractivity contribution in [2.75, 3.05) is 16.6 Å². The standard InChI is InChI=1S/C14H23N3O2S/c1-11-5-7-12(8-6-11)10-16-13-3-2-4-14(9-13)17-20(15,18)19/h2-4,9,11-12,16-17H,5-8,10H2,1H3,(H2,15,18,19). The molecular formula is C14H23N3O2S. The largest absolute Gasteiger partial charge is 0.385 e. The van der Waals surface area contributed by atoms with E-state index in [1.165, 1.54) is 25.7 Å². The van der Waals surface area contributed by atoms with Gasteiger partial charge in [-0.2, -0.15) is 8.42 Å². The molecule has 0 aromatic heterocycles. The Morgan fingerprint density at radius 1 is 1.20 bits per heavy atom. The fourth-order valence-corrected chi connectivity index (χ4v) is 3.11. The molecule has 0 radical (unpaired) electrons. The van der Waals surface area contributed by atoms with E-state index in [0.29, 0.717) is 11.6 Å². The maximum atomic E-state index is 11.0. The van der Waals surface area contributed by atoms with E-state index < -0.39 is 10.2 Å². The summed E-state index contributed by atoms with van der Waals surface area (Å²) in [4.78, 5) is 0. The SMILES string of the molecule is CC1CCC(CNc2cccc(NS(N)(=O)=O)c2)CC1. The van der Waals surface area contributed by atoms with Gasteiger partial charge in [-0.05, 0) is 42.9 Å². The smallest absolute Gasteiger partial charge is 0.296 e. The summed E-state index contributed by atoms with van der Waals surface area (Å²) in [5, 5.41) is 8.34. The van der Waals surface area contributed by atoms with E-state index in [4.69, 9.17) is 5.14 Å². The molecule has 6 heteroatoms. The van der Waals surface area contributed by atoms with Crippen molar-refractivity contribution in [1.82, 2.24) is 0 Å². The summed E-state index contributed by atoms with van der Waals surface area (Å²) in [6.07, 6.45) is 5.14. The normalized spacial score (nSPS) is 23.3. The lowest BCUT2D eigenvalue weighted by atomic mass is 9.83. The first-order valence-electron chi connectivity index (χ1n) is 7.07. The minimum atomic E-state index is -3.71. The Kier molecular flexibility index (Phi) is 4.88. The zero-order chi connectivity index (χ0) is 14.6. The van der Waals surface area contributed by atoms with E-state index in [1.54, 1.807) is 18.2 Å². The van der Waals surface area contributed by atoms with Crippen molar-refractivity contribution in [3.63, 3.8) is 0 Å². The lowest BCUT2D eigenvalue weighted by Crippen LogP contribution is -2.22. The van der Waals surface area contributed by atoms with Crippen molar-refractivity contribution < 1.29 is 8.42 Å². The Labute approximate surface area is 121 Å². The highest BCUT2D eigenvalue weighted by molar-refractivity contribution is 7.90. The average Bonchev–Trinajstić information content (AvgIpc) is 2.36. The van der Waals surface area contributed by atoms with Gasteiger partial charge in [-0.15, -0.1) is 0 Å². The molecule has 112 valence electrons. The molecule has 0 atom stereocenters. The van der Waals surface area contributed by atoms with Crippen molar-refractivity contribution in [2.45, 2.75) is 32.6 Å². The molecule has 0 unspecified atom stereocenters. The number of hydrogen-bond donors (Lipinski definition) is 3. The third-order valence-electron chi connectivity index (χ3n) is 3.85. The highest BCUT2D eigenvalue weighted by Crippen LogP contribution is 2.28. The molecule has 0 heterocycles. The Bertz CT molecular complexity index is 537. The Morgan fingerprint density at radius 3 is 2.50 bits per heavy atom. The molecule has 1 saturated carbocycles. The molecule has 1 aliphatic carbocycles. The topological polar surface area (TPSA) is 84.2 Å². The summed E-state index contributed by atoms with van der Waals surface area (Å²) in [7, 11) is -3.71. The third-order valence-corrected chi connectivity index (χ3v) is 4.37. The van der Waals surface area contributed by atoms with E-state index in [2.05, 4.69) is 17.0 Å². The van der Waals surface area contributed by atoms with Crippen LogP contribution in [0, 0.1) is 11.8 Å². The molecule has 20 heavy (non-hydrogen) atoms. The molecule has 2 rings (SSSR count). The van der Waals surface area contributed by atoms with E-state index in [0.717, 1.165) is 18.2 Å². The van der Waals surface area contributed by atoms with Crippen LogP contribution in [0.1, 0.15) is 32.6 Å². The molecular weight excluding hydrogens is 274 g/mol. The van der Waals surface area contributed by atoms with E-state index >= 15 is 0 Å². The maximum Gasteiger partial charge on any atom is 0.296 e. The van der Waals surface area contributed by atoms with Crippen LogP contribution in [0.4, 0.5) is 11.4 Å². The molecule has 0 spiro atoms. The molecule has 0 saturated heterocycles. The second-order valence-corrected chi connectivity index (χ2v) is 7.03. The predicted octanol–water partition coefficient (Wildman–Crippen LogP) is 2.54. The monoisotopic (exact) mass is 297 g/mol. The van der Waals surface area contributed by atoms with Crippen LogP contribution in [0.15, 0.2) is 24.3 Å². The summed E-state index contributed by atoms with van der Waals surface area (Å²) in [5.41, 5.74) is 1.40. The van der Waals surface area contributed by atoms with Gasteiger partial charge in [0.05, 0.1) is 5.69 Å². The molecule has 1 aliphatic rings. The van der Waals surface area contributed by atoms with Crippen molar-refractivity contribution >= 4 is 21.6 Å². The van der Waals surface area contributed by atoms with Crippen molar-refractivity contribution in [1.29, 1.82) is 0 Å². The first kappa shape index (κ1) is 15.1. The van der Waals surface area contributed by atoms with Crippen LogP contribution in [-0.4, -0.2) is 15.0 Å². The first-order valence-corrected chi connectivity index (χ1v) is 8.61. The quantitative estimate of drug-likeness (QED) is 0.781. The van der Waals surface area contributed by atoms with Crippen LogP contribution >= 0.6 is 0 Å². The number of anilines is 2. The van der Waals surface area contributed by atoms with Gasteiger partial charge < -0.3 is 5.32 Å². The highest BCUT2D eigenvalue weighted by Gasteiger charge is 2.17. The van der Waals surface area contributed by atoms with E-state index in [-0.39, 0.29) is 0 Å². The second-order valence-electron chi connectivity index (χ2n) is 5.73. The van der Waals surface area contributed by atoms with Crippen LogP contribution < -0.4 is 15.2 Å². The fraction of sp³-hybridized carbons (Fsp3) is 0.571. The summed E-state index contributed by atoms with van der Waals surface area (Å²) >= 11 is 0. The molecule has 1 fully saturated rings. The number of rotatable bonds is 5. The number of hydrogen-bond acceptors (Lipinski definition) is 3. The van der Waals surface area contributed by atoms with Gasteiger partial charge in [0, 0.05) is 12.2 Å². The van der Waals surface area contributed by atoms with Crippen LogP contribution in [0.2, 0.25) is 0 Å². The molecule has 0 amide bonds. The van der Waals surface area contributed by atoms with Gasteiger partial charge in [0.2, 0.25) is 0 Å². The molecule has 1 aromatic carbocycles. The fourth-order valence-electron chi connectivity index (χ4n) is 2.65. The number of benzene rings is 1. The minimum absolute atomic E-state index is 0.481. The third kappa shape index (κ3) is 5.02. The highest BCUT2D eigenvalue weighted by atomic mass is 32.2. The van der Waals surface area contributed by atoms with Gasteiger partial charge in [-0.1, -0.05) is 25.8 Å². The van der Waals surface area contributed by atoms with Crippen LogP contribution in [-0.2, 0) is 10.2 Å². The van der Waals surface area contributed by atoms with Gasteiger partial charge in [-0.3, -0.25) is 4.72 Å². The van der Waals surface area contributed by atoms with Gasteiger partial charge in [0.1, 0.15) is 0 Å². The summed E-state index contributed by atoms with van der Waals surface area (Å²) in [5.74, 6) is 1.56.